The Morgan fingerprint density at radius 3 is 2.62 bits per heavy atom. The first-order valence-corrected chi connectivity index (χ1v) is 6.44. The highest BCUT2D eigenvalue weighted by Gasteiger charge is 2.19. The van der Waals surface area contributed by atoms with Gasteiger partial charge in [-0.1, -0.05) is 25.7 Å². The van der Waals surface area contributed by atoms with E-state index in [2.05, 4.69) is 29.5 Å². The fourth-order valence-corrected chi connectivity index (χ4v) is 2.76. The fourth-order valence-electron chi connectivity index (χ4n) is 2.76. The van der Waals surface area contributed by atoms with Gasteiger partial charge in [-0.05, 0) is 43.5 Å². The van der Waals surface area contributed by atoms with Gasteiger partial charge in [0.15, 0.2) is 0 Å². The van der Waals surface area contributed by atoms with Crippen LogP contribution in [0.5, 0.6) is 0 Å². The molecule has 0 radical (unpaired) electrons. The van der Waals surface area contributed by atoms with E-state index in [1.165, 1.54) is 37.7 Å². The maximum atomic E-state index is 4.06. The molecule has 1 heterocycles. The highest BCUT2D eigenvalue weighted by atomic mass is 14.9. The van der Waals surface area contributed by atoms with E-state index >= 15 is 0 Å². The van der Waals surface area contributed by atoms with Gasteiger partial charge in [0.1, 0.15) is 0 Å². The van der Waals surface area contributed by atoms with E-state index in [0.717, 1.165) is 12.3 Å². The molecular weight excluding hydrogens is 196 g/mol. The summed E-state index contributed by atoms with van der Waals surface area (Å²) in [6, 6.07) is 4.88. The van der Waals surface area contributed by atoms with Crippen LogP contribution in [-0.2, 0) is 6.42 Å². The largest absolute Gasteiger partial charge is 0.317 e. The molecule has 0 spiro atoms. The molecule has 0 bridgehead atoms. The number of nitrogens with one attached hydrogen (secondary N) is 1. The Bertz CT molecular complexity index is 291. The Morgan fingerprint density at radius 1 is 1.31 bits per heavy atom. The van der Waals surface area contributed by atoms with Crippen molar-refractivity contribution in [2.45, 2.75) is 44.6 Å². The van der Waals surface area contributed by atoms with Gasteiger partial charge in [0.25, 0.3) is 0 Å². The van der Waals surface area contributed by atoms with Crippen LogP contribution in [0.3, 0.4) is 0 Å². The molecule has 1 aromatic heterocycles. The highest BCUT2D eigenvalue weighted by molar-refractivity contribution is 5.11. The molecule has 1 unspecified atom stereocenters. The summed E-state index contributed by atoms with van der Waals surface area (Å²) in [5, 5.41) is 3.46. The number of hydrogen-bond donors (Lipinski definition) is 1. The molecule has 0 saturated heterocycles. The quantitative estimate of drug-likeness (QED) is 0.822. The Kier molecular flexibility index (Phi) is 4.34. The van der Waals surface area contributed by atoms with Crippen molar-refractivity contribution in [3.63, 3.8) is 0 Å². The van der Waals surface area contributed by atoms with Crippen LogP contribution in [0, 0.1) is 5.92 Å². The third-order valence-corrected chi connectivity index (χ3v) is 3.73. The van der Waals surface area contributed by atoms with E-state index < -0.39 is 0 Å². The number of aromatic nitrogens is 1. The van der Waals surface area contributed by atoms with Crippen LogP contribution in [0.25, 0.3) is 0 Å². The van der Waals surface area contributed by atoms with Gasteiger partial charge < -0.3 is 5.32 Å². The molecule has 2 nitrogen and oxygen atoms in total. The molecule has 0 aliphatic heterocycles. The molecule has 16 heavy (non-hydrogen) atoms. The maximum Gasteiger partial charge on any atom is 0.0270 e. The van der Waals surface area contributed by atoms with E-state index in [1.807, 2.05) is 12.4 Å². The summed E-state index contributed by atoms with van der Waals surface area (Å²) in [5.41, 5.74) is 1.40. The average Bonchev–Trinajstić information content (AvgIpc) is 2.82. The number of nitrogens with zero attached hydrogens (tertiary/aromatic N) is 1. The van der Waals surface area contributed by atoms with E-state index in [4.69, 9.17) is 0 Å². The molecule has 1 fully saturated rings. The minimum absolute atomic E-state index is 0.630. The van der Waals surface area contributed by atoms with Crippen LogP contribution in [0.4, 0.5) is 0 Å². The van der Waals surface area contributed by atoms with Gasteiger partial charge in [0, 0.05) is 18.4 Å². The van der Waals surface area contributed by atoms with Crippen molar-refractivity contribution in [1.82, 2.24) is 10.3 Å². The second-order valence-electron chi connectivity index (χ2n) is 4.93. The third kappa shape index (κ3) is 3.31. The average molecular weight is 218 g/mol. The van der Waals surface area contributed by atoms with E-state index in [-0.39, 0.29) is 0 Å². The smallest absolute Gasteiger partial charge is 0.0270 e. The van der Waals surface area contributed by atoms with Crippen LogP contribution < -0.4 is 5.32 Å². The lowest BCUT2D eigenvalue weighted by Gasteiger charge is -2.20. The molecule has 0 aromatic carbocycles. The molecular formula is C14H22N2. The van der Waals surface area contributed by atoms with Crippen molar-refractivity contribution < 1.29 is 0 Å². The first kappa shape index (κ1) is 11.6. The standard InChI is InChI=1S/C14H22N2/c1-15-14(10-12-4-2-3-5-12)11-13-6-8-16-9-7-13/h6-9,12,14-15H,2-5,10-11H2,1H3. The van der Waals surface area contributed by atoms with E-state index in [9.17, 15) is 0 Å². The molecule has 0 amide bonds. The van der Waals surface area contributed by atoms with E-state index in [0.29, 0.717) is 6.04 Å². The predicted molar refractivity (Wildman–Crippen MR) is 67.4 cm³/mol. The lowest BCUT2D eigenvalue weighted by Crippen LogP contribution is -2.29. The molecule has 1 saturated carbocycles. The van der Waals surface area contributed by atoms with Crippen molar-refractivity contribution in [1.29, 1.82) is 0 Å². The predicted octanol–water partition coefficient (Wildman–Crippen LogP) is 2.79. The topological polar surface area (TPSA) is 24.9 Å². The van der Waals surface area contributed by atoms with Gasteiger partial charge >= 0.3 is 0 Å². The number of likely N-dealkylation sites (N-methyl/N-ethyl adjacent to an activating group) is 1. The van der Waals surface area contributed by atoms with Gasteiger partial charge in [-0.25, -0.2) is 0 Å². The van der Waals surface area contributed by atoms with Gasteiger partial charge in [-0.15, -0.1) is 0 Å². The van der Waals surface area contributed by atoms with Gasteiger partial charge in [0.2, 0.25) is 0 Å². The van der Waals surface area contributed by atoms with Crippen molar-refractivity contribution in [3.8, 4) is 0 Å². The first-order chi connectivity index (χ1) is 7.88. The van der Waals surface area contributed by atoms with Gasteiger partial charge in [-0.3, -0.25) is 4.98 Å². The number of hydrogen-bond acceptors (Lipinski definition) is 2. The van der Waals surface area contributed by atoms with Crippen molar-refractivity contribution >= 4 is 0 Å². The molecule has 1 aliphatic rings. The second kappa shape index (κ2) is 6.00. The molecule has 2 rings (SSSR count). The Hall–Kier alpha value is -0.890. The lowest BCUT2D eigenvalue weighted by atomic mass is 9.94. The van der Waals surface area contributed by atoms with Crippen molar-refractivity contribution in [2.75, 3.05) is 7.05 Å². The van der Waals surface area contributed by atoms with Crippen LogP contribution in [-0.4, -0.2) is 18.1 Å². The number of rotatable bonds is 5. The SMILES string of the molecule is CNC(Cc1ccncc1)CC1CCCC1. The molecule has 1 N–H and O–H groups in total. The normalized spacial score (nSPS) is 18.8. The van der Waals surface area contributed by atoms with Crippen LogP contribution in [0.2, 0.25) is 0 Å². The summed E-state index contributed by atoms with van der Waals surface area (Å²) in [5.74, 6) is 0.958. The Morgan fingerprint density at radius 2 is 2.00 bits per heavy atom. The monoisotopic (exact) mass is 218 g/mol. The summed E-state index contributed by atoms with van der Waals surface area (Å²) in [6.07, 6.45) is 12.0. The second-order valence-corrected chi connectivity index (χ2v) is 4.93. The lowest BCUT2D eigenvalue weighted by molar-refractivity contribution is 0.402. The van der Waals surface area contributed by atoms with Crippen molar-refractivity contribution in [3.05, 3.63) is 30.1 Å². The Labute approximate surface area is 98.5 Å². The zero-order valence-electron chi connectivity index (χ0n) is 10.2. The molecule has 1 atom stereocenters. The highest BCUT2D eigenvalue weighted by Crippen LogP contribution is 2.29. The maximum absolute atomic E-state index is 4.06. The third-order valence-electron chi connectivity index (χ3n) is 3.73. The van der Waals surface area contributed by atoms with Gasteiger partial charge in [-0.2, -0.15) is 0 Å². The van der Waals surface area contributed by atoms with Crippen LogP contribution in [0.1, 0.15) is 37.7 Å². The van der Waals surface area contributed by atoms with Crippen molar-refractivity contribution in [2.24, 2.45) is 5.92 Å². The summed E-state index contributed by atoms with van der Waals surface area (Å²) in [6.45, 7) is 0. The molecule has 1 aromatic rings. The van der Waals surface area contributed by atoms with E-state index in [1.54, 1.807) is 0 Å². The number of pyridine rings is 1. The minimum atomic E-state index is 0.630. The zero-order valence-corrected chi connectivity index (χ0v) is 10.2. The van der Waals surface area contributed by atoms with Gasteiger partial charge in [0.05, 0.1) is 0 Å². The fraction of sp³-hybridized carbons (Fsp3) is 0.643. The molecule has 1 aliphatic carbocycles. The molecule has 88 valence electrons. The molecule has 2 heteroatoms. The summed E-state index contributed by atoms with van der Waals surface area (Å²) in [4.78, 5) is 4.06. The Balaban J connectivity index is 1.85. The summed E-state index contributed by atoms with van der Waals surface area (Å²) < 4.78 is 0. The zero-order chi connectivity index (χ0) is 11.2. The minimum Gasteiger partial charge on any atom is -0.317 e. The summed E-state index contributed by atoms with van der Waals surface area (Å²) in [7, 11) is 2.08. The van der Waals surface area contributed by atoms with Crippen LogP contribution in [0.15, 0.2) is 24.5 Å². The van der Waals surface area contributed by atoms with Crippen LogP contribution >= 0.6 is 0 Å². The first-order valence-electron chi connectivity index (χ1n) is 6.44. The summed E-state index contributed by atoms with van der Waals surface area (Å²) >= 11 is 0.